The summed E-state index contributed by atoms with van der Waals surface area (Å²) in [5.41, 5.74) is 0. The topological polar surface area (TPSA) is 32.3 Å². The van der Waals surface area contributed by atoms with Gasteiger partial charge in [-0.25, -0.2) is 4.79 Å². The van der Waals surface area contributed by atoms with E-state index in [1.165, 1.54) is 38.5 Å². The normalized spacial score (nSPS) is 31.7. The van der Waals surface area contributed by atoms with Gasteiger partial charge < -0.3 is 10.2 Å². The number of carbonyl (C=O) groups excluding carboxylic acids is 1. The van der Waals surface area contributed by atoms with Crippen LogP contribution in [0.3, 0.4) is 0 Å². The van der Waals surface area contributed by atoms with Crippen molar-refractivity contribution in [2.24, 2.45) is 5.92 Å². The predicted molar refractivity (Wildman–Crippen MR) is 60.8 cm³/mol. The number of carbonyl (C=O) groups is 1. The summed E-state index contributed by atoms with van der Waals surface area (Å²) in [6.45, 7) is 4.16. The Kier molecular flexibility index (Phi) is 3.49. The average Bonchev–Trinajstić information content (AvgIpc) is 2.74. The molecule has 0 radical (unpaired) electrons. The monoisotopic (exact) mass is 210 g/mol. The molecule has 2 rings (SSSR count). The van der Waals surface area contributed by atoms with Gasteiger partial charge in [0, 0.05) is 19.1 Å². The maximum absolute atomic E-state index is 11.9. The first-order valence-corrected chi connectivity index (χ1v) is 6.33. The van der Waals surface area contributed by atoms with Gasteiger partial charge in [-0.3, -0.25) is 0 Å². The number of nitrogens with zero attached hydrogens (tertiary/aromatic N) is 1. The van der Waals surface area contributed by atoms with Gasteiger partial charge >= 0.3 is 6.03 Å². The van der Waals surface area contributed by atoms with Crippen LogP contribution in [0.5, 0.6) is 0 Å². The van der Waals surface area contributed by atoms with Gasteiger partial charge in [-0.2, -0.15) is 0 Å². The van der Waals surface area contributed by atoms with E-state index in [0.717, 1.165) is 13.1 Å². The molecule has 1 aliphatic heterocycles. The average molecular weight is 210 g/mol. The maximum Gasteiger partial charge on any atom is 0.317 e. The molecule has 2 atom stereocenters. The van der Waals surface area contributed by atoms with Crippen LogP contribution < -0.4 is 5.32 Å². The van der Waals surface area contributed by atoms with Gasteiger partial charge in [0.2, 0.25) is 0 Å². The molecule has 2 aliphatic rings. The molecule has 1 saturated carbocycles. The molecule has 1 aliphatic carbocycles. The summed E-state index contributed by atoms with van der Waals surface area (Å²) in [6.07, 6.45) is 7.39. The molecule has 1 N–H and O–H groups in total. The number of likely N-dealkylation sites (tertiary alicyclic amines) is 1. The zero-order valence-electron chi connectivity index (χ0n) is 9.67. The van der Waals surface area contributed by atoms with Gasteiger partial charge in [-0.05, 0) is 31.6 Å². The summed E-state index contributed by atoms with van der Waals surface area (Å²) in [5.74, 6) is 0.658. The van der Waals surface area contributed by atoms with E-state index in [9.17, 15) is 4.79 Å². The molecule has 3 nitrogen and oxygen atoms in total. The first-order chi connectivity index (χ1) is 7.27. The molecule has 1 heterocycles. The highest BCUT2D eigenvalue weighted by molar-refractivity contribution is 5.74. The van der Waals surface area contributed by atoms with E-state index in [0.29, 0.717) is 12.0 Å². The Labute approximate surface area is 92.2 Å². The van der Waals surface area contributed by atoms with Gasteiger partial charge in [0.25, 0.3) is 0 Å². The van der Waals surface area contributed by atoms with E-state index >= 15 is 0 Å². The summed E-state index contributed by atoms with van der Waals surface area (Å²) in [5, 5.41) is 3.20. The van der Waals surface area contributed by atoms with Crippen molar-refractivity contribution < 1.29 is 4.79 Å². The Hall–Kier alpha value is -0.730. The highest BCUT2D eigenvalue weighted by Gasteiger charge is 2.25. The number of rotatable bonds is 1. The largest absolute Gasteiger partial charge is 0.335 e. The fourth-order valence-corrected chi connectivity index (χ4v) is 2.70. The summed E-state index contributed by atoms with van der Waals surface area (Å²) >= 11 is 0. The summed E-state index contributed by atoms with van der Waals surface area (Å²) in [6, 6.07) is 0.595. The molecule has 2 unspecified atom stereocenters. The molecule has 0 aromatic heterocycles. The molecule has 86 valence electrons. The second-order valence-electron chi connectivity index (χ2n) is 5.01. The molecule has 1 saturated heterocycles. The van der Waals surface area contributed by atoms with Crippen molar-refractivity contribution in [3.8, 4) is 0 Å². The van der Waals surface area contributed by atoms with Crippen molar-refractivity contribution in [2.45, 2.75) is 51.5 Å². The van der Waals surface area contributed by atoms with E-state index in [1.54, 1.807) is 0 Å². The Balaban J connectivity index is 1.81. The molecule has 2 fully saturated rings. The first-order valence-electron chi connectivity index (χ1n) is 6.33. The lowest BCUT2D eigenvalue weighted by molar-refractivity contribution is 0.192. The van der Waals surface area contributed by atoms with E-state index in [-0.39, 0.29) is 6.03 Å². The molecular formula is C12H22N2O. The van der Waals surface area contributed by atoms with E-state index in [2.05, 4.69) is 12.2 Å². The Morgan fingerprint density at radius 3 is 2.47 bits per heavy atom. The molecule has 2 amide bonds. The summed E-state index contributed by atoms with van der Waals surface area (Å²) < 4.78 is 0. The first kappa shape index (κ1) is 10.8. The zero-order valence-corrected chi connectivity index (χ0v) is 9.67. The molecule has 15 heavy (non-hydrogen) atoms. The van der Waals surface area contributed by atoms with Crippen LogP contribution in [0.2, 0.25) is 0 Å². The van der Waals surface area contributed by atoms with Gasteiger partial charge in [0.1, 0.15) is 0 Å². The van der Waals surface area contributed by atoms with Crippen molar-refractivity contribution >= 4 is 6.03 Å². The minimum atomic E-state index is 0.172. The molecule has 0 aromatic carbocycles. The highest BCUT2D eigenvalue weighted by atomic mass is 16.2. The third-order valence-electron chi connectivity index (χ3n) is 3.81. The number of hydrogen-bond acceptors (Lipinski definition) is 1. The second-order valence-corrected chi connectivity index (χ2v) is 5.01. The lowest BCUT2D eigenvalue weighted by Gasteiger charge is -2.31. The van der Waals surface area contributed by atoms with Crippen LogP contribution in [-0.2, 0) is 0 Å². The number of nitrogens with one attached hydrogen (secondary N) is 1. The Morgan fingerprint density at radius 1 is 1.13 bits per heavy atom. The Morgan fingerprint density at radius 2 is 1.80 bits per heavy atom. The van der Waals surface area contributed by atoms with Gasteiger partial charge in [0.05, 0.1) is 0 Å². The van der Waals surface area contributed by atoms with Crippen molar-refractivity contribution in [3.63, 3.8) is 0 Å². The molecule has 0 spiro atoms. The fourth-order valence-electron chi connectivity index (χ4n) is 2.70. The third-order valence-corrected chi connectivity index (χ3v) is 3.81. The number of amides is 2. The minimum absolute atomic E-state index is 0.172. The van der Waals surface area contributed by atoms with Gasteiger partial charge in [-0.15, -0.1) is 0 Å². The van der Waals surface area contributed by atoms with Gasteiger partial charge in [0.15, 0.2) is 0 Å². The van der Waals surface area contributed by atoms with Crippen LogP contribution >= 0.6 is 0 Å². The van der Waals surface area contributed by atoms with Crippen LogP contribution in [0.25, 0.3) is 0 Å². The molecular weight excluding hydrogens is 188 g/mol. The van der Waals surface area contributed by atoms with E-state index < -0.39 is 0 Å². The van der Waals surface area contributed by atoms with Crippen molar-refractivity contribution in [2.75, 3.05) is 13.1 Å². The van der Waals surface area contributed by atoms with Crippen molar-refractivity contribution in [1.29, 1.82) is 0 Å². The van der Waals surface area contributed by atoms with Crippen LogP contribution in [0, 0.1) is 5.92 Å². The van der Waals surface area contributed by atoms with Crippen molar-refractivity contribution in [1.82, 2.24) is 10.2 Å². The maximum atomic E-state index is 11.9. The smallest absolute Gasteiger partial charge is 0.317 e. The van der Waals surface area contributed by atoms with E-state index in [4.69, 9.17) is 0 Å². The minimum Gasteiger partial charge on any atom is -0.335 e. The quantitative estimate of drug-likeness (QED) is 0.708. The standard InChI is InChI=1S/C12H22N2O/c1-10-6-2-3-7-11(10)13-12(15)14-8-4-5-9-14/h10-11H,2-9H2,1H3,(H,13,15). The van der Waals surface area contributed by atoms with E-state index in [1.807, 2.05) is 4.90 Å². The number of hydrogen-bond donors (Lipinski definition) is 1. The van der Waals surface area contributed by atoms with Crippen LogP contribution in [0.15, 0.2) is 0 Å². The molecule has 3 heteroatoms. The van der Waals surface area contributed by atoms with Crippen molar-refractivity contribution in [3.05, 3.63) is 0 Å². The molecule has 0 bridgehead atoms. The van der Waals surface area contributed by atoms with Gasteiger partial charge in [-0.1, -0.05) is 19.8 Å². The summed E-state index contributed by atoms with van der Waals surface area (Å²) in [7, 11) is 0. The number of urea groups is 1. The Bertz CT molecular complexity index is 224. The predicted octanol–water partition coefficient (Wildman–Crippen LogP) is 2.37. The molecule has 0 aromatic rings. The highest BCUT2D eigenvalue weighted by Crippen LogP contribution is 2.24. The van der Waals surface area contributed by atoms with Crippen LogP contribution in [0.4, 0.5) is 4.79 Å². The lowest BCUT2D eigenvalue weighted by Crippen LogP contribution is -2.47. The lowest BCUT2D eigenvalue weighted by atomic mass is 9.86. The second kappa shape index (κ2) is 4.86. The zero-order chi connectivity index (χ0) is 10.7. The van der Waals surface area contributed by atoms with Crippen LogP contribution in [-0.4, -0.2) is 30.1 Å². The SMILES string of the molecule is CC1CCCCC1NC(=O)N1CCCC1. The third kappa shape index (κ3) is 2.64. The fraction of sp³-hybridized carbons (Fsp3) is 0.917. The summed E-state index contributed by atoms with van der Waals surface area (Å²) in [4.78, 5) is 13.8. The van der Waals surface area contributed by atoms with Crippen LogP contribution in [0.1, 0.15) is 45.4 Å².